The molecule has 0 radical (unpaired) electrons. The minimum atomic E-state index is -0.294. The fraction of sp³-hybridized carbons (Fsp3) is 0.500. The number of benzene rings is 1. The van der Waals surface area contributed by atoms with Crippen molar-refractivity contribution in [3.05, 3.63) is 30.1 Å². The van der Waals surface area contributed by atoms with Gasteiger partial charge in [0.05, 0.1) is 6.54 Å². The van der Waals surface area contributed by atoms with Gasteiger partial charge in [-0.15, -0.1) is 0 Å². The van der Waals surface area contributed by atoms with E-state index in [9.17, 15) is 9.18 Å². The lowest BCUT2D eigenvalue weighted by atomic mass is 10.0. The van der Waals surface area contributed by atoms with E-state index in [2.05, 4.69) is 15.5 Å². The van der Waals surface area contributed by atoms with Crippen molar-refractivity contribution in [3.63, 3.8) is 0 Å². The van der Waals surface area contributed by atoms with Crippen LogP contribution in [0.4, 0.5) is 10.1 Å². The summed E-state index contributed by atoms with van der Waals surface area (Å²) in [6.07, 6.45) is 0. The first-order valence-corrected chi connectivity index (χ1v) is 6.69. The van der Waals surface area contributed by atoms with Gasteiger partial charge in [-0.25, -0.2) is 4.39 Å². The summed E-state index contributed by atoms with van der Waals surface area (Å²) in [5.74, 6) is 1.06. The number of likely N-dealkylation sites (tertiary alicyclic amines) is 1. The van der Waals surface area contributed by atoms with Crippen LogP contribution < -0.4 is 10.6 Å². The van der Waals surface area contributed by atoms with E-state index in [1.54, 1.807) is 12.1 Å². The van der Waals surface area contributed by atoms with Gasteiger partial charge in [0.1, 0.15) is 5.82 Å². The Balaban J connectivity index is 1.50. The lowest BCUT2D eigenvalue weighted by molar-refractivity contribution is -0.117. The van der Waals surface area contributed by atoms with E-state index >= 15 is 0 Å². The Hall–Kier alpha value is -1.46. The Morgan fingerprint density at radius 1 is 1.26 bits per heavy atom. The van der Waals surface area contributed by atoms with E-state index < -0.39 is 0 Å². The molecule has 19 heavy (non-hydrogen) atoms. The number of halogens is 1. The number of hydrogen-bond donors (Lipinski definition) is 2. The zero-order valence-corrected chi connectivity index (χ0v) is 10.7. The van der Waals surface area contributed by atoms with Crippen LogP contribution in [0.15, 0.2) is 24.3 Å². The Bertz CT molecular complexity index is 450. The second-order valence-corrected chi connectivity index (χ2v) is 5.43. The summed E-state index contributed by atoms with van der Waals surface area (Å²) in [4.78, 5) is 14.1. The Morgan fingerprint density at radius 2 is 1.89 bits per heavy atom. The molecule has 0 spiro atoms. The minimum absolute atomic E-state index is 0.0282. The average Bonchev–Trinajstić information content (AvgIpc) is 2.92. The van der Waals surface area contributed by atoms with Crippen LogP contribution in [0, 0.1) is 17.7 Å². The van der Waals surface area contributed by atoms with Gasteiger partial charge >= 0.3 is 0 Å². The molecule has 0 aliphatic carbocycles. The van der Waals surface area contributed by atoms with E-state index in [1.165, 1.54) is 12.1 Å². The summed E-state index contributed by atoms with van der Waals surface area (Å²) in [6.45, 7) is 4.55. The highest BCUT2D eigenvalue weighted by molar-refractivity contribution is 5.92. The highest BCUT2D eigenvalue weighted by atomic mass is 19.1. The number of anilines is 1. The van der Waals surface area contributed by atoms with Crippen molar-refractivity contribution in [2.75, 3.05) is 38.0 Å². The van der Waals surface area contributed by atoms with Crippen LogP contribution in [0.25, 0.3) is 0 Å². The number of amides is 1. The second-order valence-electron chi connectivity index (χ2n) is 5.43. The number of hydrogen-bond acceptors (Lipinski definition) is 3. The molecule has 2 aliphatic heterocycles. The molecule has 0 unspecified atom stereocenters. The monoisotopic (exact) mass is 263 g/mol. The molecule has 1 aromatic carbocycles. The summed E-state index contributed by atoms with van der Waals surface area (Å²) in [5, 5.41) is 6.18. The molecule has 102 valence electrons. The number of rotatable bonds is 3. The summed E-state index contributed by atoms with van der Waals surface area (Å²) in [5.41, 5.74) is 0.646. The molecule has 2 aliphatic rings. The zero-order chi connectivity index (χ0) is 13.2. The molecule has 2 atom stereocenters. The maximum absolute atomic E-state index is 12.8. The van der Waals surface area contributed by atoms with E-state index in [0.717, 1.165) is 26.2 Å². The van der Waals surface area contributed by atoms with Crippen LogP contribution in [0.1, 0.15) is 0 Å². The van der Waals surface area contributed by atoms with Crippen LogP contribution in [0.3, 0.4) is 0 Å². The first-order valence-electron chi connectivity index (χ1n) is 6.69. The third-order valence-corrected chi connectivity index (χ3v) is 3.96. The molecule has 3 rings (SSSR count). The molecule has 0 bridgehead atoms. The van der Waals surface area contributed by atoms with Crippen LogP contribution in [-0.4, -0.2) is 43.5 Å². The van der Waals surface area contributed by atoms with Crippen LogP contribution in [0.2, 0.25) is 0 Å². The van der Waals surface area contributed by atoms with Crippen LogP contribution >= 0.6 is 0 Å². The predicted octanol–water partition coefficient (Wildman–Crippen LogP) is 0.915. The van der Waals surface area contributed by atoms with E-state index in [4.69, 9.17) is 0 Å². The highest BCUT2D eigenvalue weighted by Gasteiger charge is 2.36. The summed E-state index contributed by atoms with van der Waals surface area (Å²) in [6, 6.07) is 5.86. The number of nitrogens with zero attached hydrogens (tertiary/aromatic N) is 1. The third kappa shape index (κ3) is 2.93. The van der Waals surface area contributed by atoms with Gasteiger partial charge in [-0.1, -0.05) is 0 Å². The van der Waals surface area contributed by atoms with Gasteiger partial charge < -0.3 is 10.6 Å². The van der Waals surface area contributed by atoms with Crippen LogP contribution in [0.5, 0.6) is 0 Å². The van der Waals surface area contributed by atoms with Crippen molar-refractivity contribution in [2.45, 2.75) is 0 Å². The molecule has 2 fully saturated rings. The van der Waals surface area contributed by atoms with Crippen molar-refractivity contribution >= 4 is 11.6 Å². The maximum atomic E-state index is 12.8. The van der Waals surface area contributed by atoms with E-state index in [0.29, 0.717) is 24.1 Å². The molecule has 0 aromatic heterocycles. The zero-order valence-electron chi connectivity index (χ0n) is 10.7. The van der Waals surface area contributed by atoms with Crippen molar-refractivity contribution in [1.82, 2.24) is 10.2 Å². The smallest absolute Gasteiger partial charge is 0.238 e. The standard InChI is InChI=1S/C14H18FN3O/c15-12-1-3-13(4-2-12)17-14(19)9-18-7-10-5-16-6-11(10)8-18/h1-4,10-11,16H,5-9H2,(H,17,19)/t10-,11+. The number of carbonyl (C=O) groups is 1. The molecule has 2 saturated heterocycles. The lowest BCUT2D eigenvalue weighted by Gasteiger charge is -2.16. The van der Waals surface area contributed by atoms with Gasteiger partial charge in [-0.3, -0.25) is 9.69 Å². The predicted molar refractivity (Wildman–Crippen MR) is 71.3 cm³/mol. The molecule has 1 aromatic rings. The summed E-state index contributed by atoms with van der Waals surface area (Å²) >= 11 is 0. The van der Waals surface area contributed by atoms with Crippen molar-refractivity contribution in [2.24, 2.45) is 11.8 Å². The molecule has 2 N–H and O–H groups in total. The number of fused-ring (bicyclic) bond motifs is 1. The minimum Gasteiger partial charge on any atom is -0.325 e. The van der Waals surface area contributed by atoms with E-state index in [1.807, 2.05) is 0 Å². The van der Waals surface area contributed by atoms with Gasteiger partial charge in [-0.2, -0.15) is 0 Å². The Kier molecular flexibility index (Phi) is 3.48. The molecule has 4 nitrogen and oxygen atoms in total. The highest BCUT2D eigenvalue weighted by Crippen LogP contribution is 2.25. The molecular formula is C14H18FN3O. The lowest BCUT2D eigenvalue weighted by Crippen LogP contribution is -2.33. The first-order chi connectivity index (χ1) is 9.20. The van der Waals surface area contributed by atoms with Crippen LogP contribution in [-0.2, 0) is 4.79 Å². The fourth-order valence-corrected chi connectivity index (χ4v) is 3.02. The van der Waals surface area contributed by atoms with Crippen molar-refractivity contribution < 1.29 is 9.18 Å². The molecule has 5 heteroatoms. The topological polar surface area (TPSA) is 44.4 Å². The fourth-order valence-electron chi connectivity index (χ4n) is 3.02. The van der Waals surface area contributed by atoms with Gasteiger partial charge in [0.2, 0.25) is 5.91 Å². The van der Waals surface area contributed by atoms with Gasteiger partial charge in [-0.05, 0) is 49.2 Å². The Labute approximate surface area is 112 Å². The molecular weight excluding hydrogens is 245 g/mol. The Morgan fingerprint density at radius 3 is 2.53 bits per heavy atom. The summed E-state index contributed by atoms with van der Waals surface area (Å²) < 4.78 is 12.8. The third-order valence-electron chi connectivity index (χ3n) is 3.96. The quantitative estimate of drug-likeness (QED) is 0.852. The number of carbonyl (C=O) groups excluding carboxylic acids is 1. The largest absolute Gasteiger partial charge is 0.325 e. The van der Waals surface area contributed by atoms with Gasteiger partial charge in [0.25, 0.3) is 0 Å². The maximum Gasteiger partial charge on any atom is 0.238 e. The first kappa shape index (κ1) is 12.6. The SMILES string of the molecule is O=C(CN1C[C@H]2CNC[C@H]2C1)Nc1ccc(F)cc1. The van der Waals surface area contributed by atoms with E-state index in [-0.39, 0.29) is 11.7 Å². The molecule has 0 saturated carbocycles. The molecule has 2 heterocycles. The van der Waals surface area contributed by atoms with Crippen molar-refractivity contribution in [3.8, 4) is 0 Å². The molecule has 1 amide bonds. The average molecular weight is 263 g/mol. The van der Waals surface area contributed by atoms with Crippen molar-refractivity contribution in [1.29, 1.82) is 0 Å². The van der Waals surface area contributed by atoms with Gasteiger partial charge in [0, 0.05) is 18.8 Å². The normalized spacial score (nSPS) is 26.4. The second kappa shape index (κ2) is 5.27. The van der Waals surface area contributed by atoms with Gasteiger partial charge in [0.15, 0.2) is 0 Å². The summed E-state index contributed by atoms with van der Waals surface area (Å²) in [7, 11) is 0. The number of nitrogens with one attached hydrogen (secondary N) is 2.